The summed E-state index contributed by atoms with van der Waals surface area (Å²) in [4.78, 5) is 18.0. The molecule has 1 fully saturated rings. The number of aromatic nitrogens is 1. The van der Waals surface area contributed by atoms with E-state index in [9.17, 15) is 9.18 Å². The van der Waals surface area contributed by atoms with E-state index in [4.69, 9.17) is 26.8 Å². The number of nitrogens with two attached hydrogens (primary N) is 1. The van der Waals surface area contributed by atoms with Crippen LogP contribution in [0.5, 0.6) is 11.5 Å². The van der Waals surface area contributed by atoms with E-state index in [1.807, 2.05) is 18.2 Å². The van der Waals surface area contributed by atoms with E-state index in [0.29, 0.717) is 27.1 Å². The fourth-order valence-electron chi connectivity index (χ4n) is 3.58. The molecular weight excluding hydrogens is 429 g/mol. The zero-order chi connectivity index (χ0) is 20.9. The first-order chi connectivity index (χ1) is 14.5. The van der Waals surface area contributed by atoms with Gasteiger partial charge in [-0.1, -0.05) is 35.1 Å². The fraction of sp³-hybridized carbons (Fsp3) is 0.238. The molecule has 3 N–H and O–H groups in total. The Kier molecular flexibility index (Phi) is 4.65. The van der Waals surface area contributed by atoms with Crippen LogP contribution in [0.3, 0.4) is 0 Å². The summed E-state index contributed by atoms with van der Waals surface area (Å²) in [6, 6.07) is 9.13. The van der Waals surface area contributed by atoms with Crippen LogP contribution in [-0.4, -0.2) is 17.7 Å². The zero-order valence-corrected chi connectivity index (χ0v) is 17.2. The van der Waals surface area contributed by atoms with E-state index in [1.165, 1.54) is 23.5 Å². The third-order valence-corrected chi connectivity index (χ3v) is 6.78. The molecule has 2 aromatic carbocycles. The van der Waals surface area contributed by atoms with Gasteiger partial charge < -0.3 is 20.5 Å². The number of carbonyl (C=O) groups is 1. The second-order valence-electron chi connectivity index (χ2n) is 7.32. The lowest BCUT2D eigenvalue weighted by atomic mass is 9.94. The molecule has 0 bridgehead atoms. The number of hydrogen-bond acceptors (Lipinski definition) is 6. The molecule has 1 aliphatic heterocycles. The molecule has 1 aliphatic carbocycles. The molecule has 154 valence electrons. The molecule has 3 aromatic rings. The molecule has 2 heterocycles. The highest BCUT2D eigenvalue weighted by molar-refractivity contribution is 7.15. The first kappa shape index (κ1) is 19.3. The SMILES string of the molecule is N[C@@H](c1cnc(NC(=O)C2(c3ccc4c(c3)OCO4)CC2)s1)c1ccc(F)cc1Cl. The van der Waals surface area contributed by atoms with Crippen LogP contribution in [-0.2, 0) is 10.2 Å². The van der Waals surface area contributed by atoms with Crippen molar-refractivity contribution in [1.82, 2.24) is 4.98 Å². The van der Waals surface area contributed by atoms with Crippen molar-refractivity contribution in [2.24, 2.45) is 5.73 Å². The van der Waals surface area contributed by atoms with Gasteiger partial charge in [0, 0.05) is 16.1 Å². The average molecular weight is 446 g/mol. The van der Waals surface area contributed by atoms with E-state index in [1.54, 1.807) is 12.3 Å². The molecule has 0 saturated heterocycles. The van der Waals surface area contributed by atoms with Gasteiger partial charge in [0.05, 0.1) is 11.5 Å². The van der Waals surface area contributed by atoms with E-state index >= 15 is 0 Å². The molecule has 30 heavy (non-hydrogen) atoms. The highest BCUT2D eigenvalue weighted by atomic mass is 35.5. The third-order valence-electron chi connectivity index (χ3n) is 5.46. The summed E-state index contributed by atoms with van der Waals surface area (Å²) in [5.74, 6) is 0.806. The van der Waals surface area contributed by atoms with Crippen molar-refractivity contribution < 1.29 is 18.7 Å². The fourth-order valence-corrected chi connectivity index (χ4v) is 4.69. The Balaban J connectivity index is 1.33. The van der Waals surface area contributed by atoms with Gasteiger partial charge in [0.15, 0.2) is 16.6 Å². The summed E-state index contributed by atoms with van der Waals surface area (Å²) < 4.78 is 24.1. The van der Waals surface area contributed by atoms with Crippen molar-refractivity contribution in [1.29, 1.82) is 0 Å². The highest BCUT2D eigenvalue weighted by Gasteiger charge is 2.52. The summed E-state index contributed by atoms with van der Waals surface area (Å²) in [7, 11) is 0. The number of anilines is 1. The number of nitrogens with one attached hydrogen (secondary N) is 1. The number of halogens is 2. The Morgan fingerprint density at radius 2 is 2.03 bits per heavy atom. The van der Waals surface area contributed by atoms with Crippen molar-refractivity contribution in [3.8, 4) is 11.5 Å². The minimum absolute atomic E-state index is 0.115. The van der Waals surface area contributed by atoms with Gasteiger partial charge >= 0.3 is 0 Å². The molecule has 6 nitrogen and oxygen atoms in total. The van der Waals surface area contributed by atoms with Crippen molar-refractivity contribution >= 4 is 34.0 Å². The monoisotopic (exact) mass is 445 g/mol. The standard InChI is InChI=1S/C21H17ClFN3O3S/c22-14-8-12(23)2-3-13(14)18(24)17-9-25-20(30-17)26-19(27)21(5-6-21)11-1-4-15-16(7-11)29-10-28-15/h1-4,7-9,18H,5-6,10,24H2,(H,25,26,27)/t18-/m1/s1. The Morgan fingerprint density at radius 3 is 2.80 bits per heavy atom. The number of hydrogen-bond donors (Lipinski definition) is 2. The van der Waals surface area contributed by atoms with Crippen LogP contribution in [0, 0.1) is 5.82 Å². The predicted molar refractivity (Wildman–Crippen MR) is 112 cm³/mol. The van der Waals surface area contributed by atoms with Crippen molar-refractivity contribution in [3.05, 3.63) is 69.4 Å². The number of fused-ring (bicyclic) bond motifs is 1. The molecule has 9 heteroatoms. The summed E-state index contributed by atoms with van der Waals surface area (Å²) in [6.45, 7) is 0.193. The molecule has 0 spiro atoms. The average Bonchev–Trinajstić information content (AvgIpc) is 3.18. The van der Waals surface area contributed by atoms with E-state index in [2.05, 4.69) is 10.3 Å². The van der Waals surface area contributed by atoms with Crippen molar-refractivity contribution in [2.45, 2.75) is 24.3 Å². The molecule has 1 amide bonds. The lowest BCUT2D eigenvalue weighted by Gasteiger charge is -2.15. The number of benzene rings is 2. The predicted octanol–water partition coefficient (Wildman–Crippen LogP) is 4.38. The topological polar surface area (TPSA) is 86.5 Å². The van der Waals surface area contributed by atoms with Gasteiger partial charge in [-0.05, 0) is 48.2 Å². The van der Waals surface area contributed by atoms with Crippen LogP contribution in [0.2, 0.25) is 5.02 Å². The first-order valence-corrected chi connectivity index (χ1v) is 10.5. The van der Waals surface area contributed by atoms with Gasteiger partial charge in [0.1, 0.15) is 5.82 Å². The van der Waals surface area contributed by atoms with Gasteiger partial charge in [0.2, 0.25) is 12.7 Å². The van der Waals surface area contributed by atoms with Gasteiger partial charge in [0.25, 0.3) is 0 Å². The van der Waals surface area contributed by atoms with E-state index in [-0.39, 0.29) is 17.7 Å². The summed E-state index contributed by atoms with van der Waals surface area (Å²) in [6.07, 6.45) is 3.10. The minimum atomic E-state index is -0.588. The van der Waals surface area contributed by atoms with Gasteiger partial charge in [-0.2, -0.15) is 0 Å². The molecule has 2 aliphatic rings. The Bertz CT molecular complexity index is 1150. The number of amides is 1. The smallest absolute Gasteiger partial charge is 0.236 e. The van der Waals surface area contributed by atoms with E-state index in [0.717, 1.165) is 18.4 Å². The Labute approximate surface area is 180 Å². The molecule has 1 atom stereocenters. The zero-order valence-electron chi connectivity index (χ0n) is 15.7. The second kappa shape index (κ2) is 7.23. The largest absolute Gasteiger partial charge is 0.454 e. The first-order valence-electron chi connectivity index (χ1n) is 9.34. The van der Waals surface area contributed by atoms with Crippen LogP contribution < -0.4 is 20.5 Å². The van der Waals surface area contributed by atoms with Crippen LogP contribution in [0.1, 0.15) is 34.9 Å². The lowest BCUT2D eigenvalue weighted by Crippen LogP contribution is -2.27. The van der Waals surface area contributed by atoms with Crippen molar-refractivity contribution in [2.75, 3.05) is 12.1 Å². The van der Waals surface area contributed by atoms with Gasteiger partial charge in [-0.25, -0.2) is 9.37 Å². The van der Waals surface area contributed by atoms with E-state index < -0.39 is 17.3 Å². The maximum absolute atomic E-state index is 13.3. The summed E-state index contributed by atoms with van der Waals surface area (Å²) in [5.41, 5.74) is 7.18. The number of thiazole rings is 1. The number of ether oxygens (including phenoxy) is 2. The minimum Gasteiger partial charge on any atom is -0.454 e. The maximum Gasteiger partial charge on any atom is 0.236 e. The van der Waals surface area contributed by atoms with Crippen LogP contribution in [0.15, 0.2) is 42.6 Å². The number of carbonyl (C=O) groups excluding carboxylic acids is 1. The molecule has 5 rings (SSSR count). The quantitative estimate of drug-likeness (QED) is 0.608. The van der Waals surface area contributed by atoms with Crippen LogP contribution >= 0.6 is 22.9 Å². The van der Waals surface area contributed by atoms with Crippen LogP contribution in [0.25, 0.3) is 0 Å². The molecular formula is C21H17ClFN3O3S. The molecule has 1 aromatic heterocycles. The van der Waals surface area contributed by atoms with Gasteiger partial charge in [-0.15, -0.1) is 0 Å². The molecule has 0 radical (unpaired) electrons. The molecule has 1 saturated carbocycles. The normalized spacial score (nSPS) is 16.9. The Morgan fingerprint density at radius 1 is 1.23 bits per heavy atom. The lowest BCUT2D eigenvalue weighted by molar-refractivity contribution is -0.118. The highest BCUT2D eigenvalue weighted by Crippen LogP contribution is 2.51. The number of nitrogens with zero attached hydrogens (tertiary/aromatic N) is 1. The number of rotatable bonds is 5. The summed E-state index contributed by atoms with van der Waals surface area (Å²) in [5, 5.41) is 3.61. The molecule has 0 unspecified atom stereocenters. The second-order valence-corrected chi connectivity index (χ2v) is 8.78. The van der Waals surface area contributed by atoms with Gasteiger partial charge in [-0.3, -0.25) is 4.79 Å². The maximum atomic E-state index is 13.3. The third kappa shape index (κ3) is 3.30. The summed E-state index contributed by atoms with van der Waals surface area (Å²) >= 11 is 7.39. The van der Waals surface area contributed by atoms with Crippen LogP contribution in [0.4, 0.5) is 9.52 Å². The Hall–Kier alpha value is -2.68. The van der Waals surface area contributed by atoms with Crippen molar-refractivity contribution in [3.63, 3.8) is 0 Å².